The van der Waals surface area contributed by atoms with Crippen LogP contribution in [0.15, 0.2) is 36.4 Å². The lowest BCUT2D eigenvalue weighted by Gasteiger charge is -2.14. The van der Waals surface area contributed by atoms with E-state index in [1.165, 1.54) is 30.3 Å². The van der Waals surface area contributed by atoms with E-state index < -0.39 is 11.6 Å². The molecule has 0 saturated heterocycles. The van der Waals surface area contributed by atoms with Crippen molar-refractivity contribution < 1.29 is 8.78 Å². The molecule has 0 bridgehead atoms. The van der Waals surface area contributed by atoms with E-state index in [4.69, 9.17) is 17.3 Å². The van der Waals surface area contributed by atoms with Gasteiger partial charge in [0.05, 0.1) is 0 Å². The second-order valence-corrected chi connectivity index (χ2v) is 4.55. The maximum atomic E-state index is 13.4. The Morgan fingerprint density at radius 3 is 2.17 bits per heavy atom. The lowest BCUT2D eigenvalue weighted by molar-refractivity contribution is 0.624. The molecule has 1 atom stereocenters. The average Bonchev–Trinajstić information content (AvgIpc) is 2.31. The highest BCUT2D eigenvalue weighted by Gasteiger charge is 2.13. The van der Waals surface area contributed by atoms with Crippen LogP contribution < -0.4 is 5.73 Å². The summed E-state index contributed by atoms with van der Waals surface area (Å²) in [7, 11) is 0. The molecule has 0 heterocycles. The van der Waals surface area contributed by atoms with Gasteiger partial charge in [0.15, 0.2) is 0 Å². The van der Waals surface area contributed by atoms with Crippen LogP contribution in [0.25, 0.3) is 11.1 Å². The molecule has 0 aromatic heterocycles. The molecule has 18 heavy (non-hydrogen) atoms. The fourth-order valence-electron chi connectivity index (χ4n) is 1.86. The van der Waals surface area contributed by atoms with E-state index in [2.05, 4.69) is 0 Å². The van der Waals surface area contributed by atoms with Crippen LogP contribution in [0.4, 0.5) is 8.78 Å². The highest BCUT2D eigenvalue weighted by molar-refractivity contribution is 6.33. The summed E-state index contributed by atoms with van der Waals surface area (Å²) in [5.74, 6) is -0.830. The Labute approximate surface area is 109 Å². The predicted octanol–water partition coefficient (Wildman–Crippen LogP) is 4.30. The Bertz CT molecular complexity index is 582. The highest BCUT2D eigenvalue weighted by atomic mass is 35.5. The number of benzene rings is 2. The molecular weight excluding hydrogens is 256 g/mol. The Balaban J connectivity index is 2.69. The van der Waals surface area contributed by atoms with Crippen molar-refractivity contribution in [1.29, 1.82) is 0 Å². The molecule has 2 aromatic carbocycles. The van der Waals surface area contributed by atoms with Gasteiger partial charge < -0.3 is 5.73 Å². The van der Waals surface area contributed by atoms with Crippen LogP contribution >= 0.6 is 11.6 Å². The van der Waals surface area contributed by atoms with Gasteiger partial charge in [-0.1, -0.05) is 17.7 Å². The van der Waals surface area contributed by atoms with Crippen molar-refractivity contribution in [3.63, 3.8) is 0 Å². The summed E-state index contributed by atoms with van der Waals surface area (Å²) in [4.78, 5) is 0. The van der Waals surface area contributed by atoms with Crippen LogP contribution in [0.3, 0.4) is 0 Å². The van der Waals surface area contributed by atoms with Crippen molar-refractivity contribution in [2.24, 2.45) is 5.73 Å². The van der Waals surface area contributed by atoms with Crippen molar-refractivity contribution in [2.45, 2.75) is 13.0 Å². The summed E-state index contributed by atoms with van der Waals surface area (Å²) in [6.07, 6.45) is 0. The third-order valence-electron chi connectivity index (χ3n) is 2.72. The van der Waals surface area contributed by atoms with E-state index in [9.17, 15) is 8.78 Å². The van der Waals surface area contributed by atoms with Gasteiger partial charge in [0.1, 0.15) is 11.6 Å². The van der Waals surface area contributed by atoms with Gasteiger partial charge in [-0.15, -0.1) is 0 Å². The molecule has 1 unspecified atom stereocenters. The third kappa shape index (κ3) is 2.52. The molecule has 4 heteroatoms. The Kier molecular flexibility index (Phi) is 3.64. The monoisotopic (exact) mass is 267 g/mol. The minimum atomic E-state index is -0.422. The second-order valence-electron chi connectivity index (χ2n) is 4.14. The zero-order valence-electron chi connectivity index (χ0n) is 9.75. The molecule has 2 aromatic rings. The van der Waals surface area contributed by atoms with Crippen molar-refractivity contribution in [3.8, 4) is 11.1 Å². The summed E-state index contributed by atoms with van der Waals surface area (Å²) >= 11 is 6.03. The zero-order chi connectivity index (χ0) is 13.3. The van der Waals surface area contributed by atoms with E-state index in [-0.39, 0.29) is 6.04 Å². The summed E-state index contributed by atoms with van der Waals surface area (Å²) in [6.45, 7) is 1.78. The summed E-state index contributed by atoms with van der Waals surface area (Å²) in [5.41, 5.74) is 7.53. The third-order valence-corrected chi connectivity index (χ3v) is 3.05. The molecule has 0 fully saturated rings. The minimum absolute atomic E-state index is 0.292. The molecule has 0 saturated carbocycles. The lowest BCUT2D eigenvalue weighted by atomic mass is 9.95. The van der Waals surface area contributed by atoms with Crippen molar-refractivity contribution >= 4 is 11.6 Å². The van der Waals surface area contributed by atoms with E-state index in [1.807, 2.05) is 0 Å². The lowest BCUT2D eigenvalue weighted by Crippen LogP contribution is -2.07. The fourth-order valence-corrected chi connectivity index (χ4v) is 2.08. The van der Waals surface area contributed by atoms with Gasteiger partial charge in [0.2, 0.25) is 0 Å². The van der Waals surface area contributed by atoms with Crippen LogP contribution in [0.1, 0.15) is 18.5 Å². The SMILES string of the molecule is CC(N)c1ccc(F)cc1-c1cc(F)ccc1Cl. The van der Waals surface area contributed by atoms with E-state index >= 15 is 0 Å². The first kappa shape index (κ1) is 13.0. The molecule has 0 aliphatic heterocycles. The second kappa shape index (κ2) is 5.04. The number of halogens is 3. The molecule has 0 amide bonds. The highest BCUT2D eigenvalue weighted by Crippen LogP contribution is 2.33. The Morgan fingerprint density at radius 2 is 1.56 bits per heavy atom. The quantitative estimate of drug-likeness (QED) is 0.862. The number of hydrogen-bond donors (Lipinski definition) is 1. The molecule has 0 aliphatic carbocycles. The predicted molar refractivity (Wildman–Crippen MR) is 69.4 cm³/mol. The van der Waals surface area contributed by atoms with Crippen LogP contribution in [-0.4, -0.2) is 0 Å². The number of rotatable bonds is 2. The molecule has 0 spiro atoms. The Hall–Kier alpha value is -1.45. The summed E-state index contributed by atoms with van der Waals surface area (Å²) in [5, 5.41) is 0.365. The van der Waals surface area contributed by atoms with Gasteiger partial charge in [-0.2, -0.15) is 0 Å². The maximum Gasteiger partial charge on any atom is 0.123 e. The van der Waals surface area contributed by atoms with Crippen molar-refractivity contribution in [3.05, 3.63) is 58.6 Å². The van der Waals surface area contributed by atoms with Crippen LogP contribution in [-0.2, 0) is 0 Å². The van der Waals surface area contributed by atoms with E-state index in [0.29, 0.717) is 16.1 Å². The van der Waals surface area contributed by atoms with Gasteiger partial charge in [0, 0.05) is 16.6 Å². The van der Waals surface area contributed by atoms with Crippen molar-refractivity contribution in [1.82, 2.24) is 0 Å². The Morgan fingerprint density at radius 1 is 1.00 bits per heavy atom. The molecule has 0 radical (unpaired) electrons. The molecule has 94 valence electrons. The number of nitrogens with two attached hydrogens (primary N) is 1. The molecule has 0 aliphatic rings. The first-order chi connectivity index (χ1) is 8.49. The van der Waals surface area contributed by atoms with Gasteiger partial charge >= 0.3 is 0 Å². The van der Waals surface area contributed by atoms with Crippen LogP contribution in [0, 0.1) is 11.6 Å². The van der Waals surface area contributed by atoms with Crippen LogP contribution in [0.2, 0.25) is 5.02 Å². The smallest absolute Gasteiger partial charge is 0.123 e. The first-order valence-electron chi connectivity index (χ1n) is 5.49. The summed E-state index contributed by atoms with van der Waals surface area (Å²) in [6, 6.07) is 7.94. The maximum absolute atomic E-state index is 13.4. The molecule has 2 rings (SSSR count). The van der Waals surface area contributed by atoms with E-state index in [0.717, 1.165) is 5.56 Å². The molecule has 1 nitrogen and oxygen atoms in total. The fraction of sp³-hybridized carbons (Fsp3) is 0.143. The zero-order valence-corrected chi connectivity index (χ0v) is 10.5. The standard InChI is InChI=1S/C14H12ClF2N/c1-8(18)11-4-2-9(16)6-12(11)13-7-10(17)3-5-14(13)15/h2-8H,18H2,1H3. The first-order valence-corrected chi connectivity index (χ1v) is 5.87. The van der Waals surface area contributed by atoms with Gasteiger partial charge in [-0.05, 0) is 48.4 Å². The van der Waals surface area contributed by atoms with Crippen LogP contribution in [0.5, 0.6) is 0 Å². The summed E-state index contributed by atoms with van der Waals surface area (Å²) < 4.78 is 26.6. The van der Waals surface area contributed by atoms with Gasteiger partial charge in [-0.3, -0.25) is 0 Å². The van der Waals surface area contributed by atoms with Gasteiger partial charge in [0.25, 0.3) is 0 Å². The largest absolute Gasteiger partial charge is 0.324 e. The van der Waals surface area contributed by atoms with Crippen molar-refractivity contribution in [2.75, 3.05) is 0 Å². The normalized spacial score (nSPS) is 12.5. The molecule has 2 N–H and O–H groups in total. The van der Waals surface area contributed by atoms with E-state index in [1.54, 1.807) is 13.0 Å². The van der Waals surface area contributed by atoms with Gasteiger partial charge in [-0.25, -0.2) is 8.78 Å². The average molecular weight is 268 g/mol. The number of hydrogen-bond acceptors (Lipinski definition) is 1. The minimum Gasteiger partial charge on any atom is -0.324 e. The molecular formula is C14H12ClF2N. The topological polar surface area (TPSA) is 26.0 Å².